The number of aryl methyl sites for hydroxylation is 1. The number of ether oxygens (including phenoxy) is 1. The Morgan fingerprint density at radius 1 is 1.14 bits per heavy atom. The van der Waals surface area contributed by atoms with Crippen molar-refractivity contribution in [1.82, 2.24) is 35.2 Å². The summed E-state index contributed by atoms with van der Waals surface area (Å²) >= 11 is 0. The number of nitrogens with zero attached hydrogens (tertiary/aromatic N) is 7. The lowest BCUT2D eigenvalue weighted by Crippen LogP contribution is -2.55. The van der Waals surface area contributed by atoms with Crippen LogP contribution in [0.2, 0.25) is 0 Å². The van der Waals surface area contributed by atoms with Crippen molar-refractivity contribution >= 4 is 34.3 Å². The molecule has 12 nitrogen and oxygen atoms in total. The number of rotatable bonds is 8. The second kappa shape index (κ2) is 11.2. The van der Waals surface area contributed by atoms with Gasteiger partial charge in [-0.25, -0.2) is 19.0 Å². The van der Waals surface area contributed by atoms with Crippen LogP contribution in [0.1, 0.15) is 37.1 Å². The number of halogens is 1. The molecule has 1 fully saturated rings. The maximum Gasteiger partial charge on any atom is 0.252 e. The Kier molecular flexibility index (Phi) is 7.25. The highest BCUT2D eigenvalue weighted by Crippen LogP contribution is 2.34. The van der Waals surface area contributed by atoms with Crippen molar-refractivity contribution in [2.24, 2.45) is 0 Å². The van der Waals surface area contributed by atoms with E-state index in [4.69, 9.17) is 14.2 Å². The smallest absolute Gasteiger partial charge is 0.252 e. The Balaban J connectivity index is 1.16. The second-order valence-corrected chi connectivity index (χ2v) is 10.3. The highest BCUT2D eigenvalue weighted by atomic mass is 19.1. The number of amides is 1. The van der Waals surface area contributed by atoms with Gasteiger partial charge >= 0.3 is 0 Å². The van der Waals surface area contributed by atoms with E-state index in [2.05, 4.69) is 35.8 Å². The highest BCUT2D eigenvalue weighted by Gasteiger charge is 2.42. The van der Waals surface area contributed by atoms with Gasteiger partial charge in [-0.3, -0.25) is 9.78 Å². The summed E-state index contributed by atoms with van der Waals surface area (Å²) in [4.78, 5) is 29.5. The number of pyridine rings is 3. The fraction of sp³-hybridized carbons (Fsp3) is 0.310. The van der Waals surface area contributed by atoms with Crippen molar-refractivity contribution in [2.75, 3.05) is 30.4 Å². The molecule has 1 amide bonds. The first-order valence-electron chi connectivity index (χ1n) is 13.6. The molecule has 42 heavy (non-hydrogen) atoms. The molecule has 6 heterocycles. The zero-order valence-electron chi connectivity index (χ0n) is 23.4. The van der Waals surface area contributed by atoms with E-state index in [1.807, 2.05) is 38.1 Å². The van der Waals surface area contributed by atoms with Crippen LogP contribution < -0.4 is 15.5 Å². The first-order chi connectivity index (χ1) is 20.3. The van der Waals surface area contributed by atoms with Gasteiger partial charge in [0, 0.05) is 63.0 Å². The van der Waals surface area contributed by atoms with Gasteiger partial charge in [-0.2, -0.15) is 5.10 Å². The predicted molar refractivity (Wildman–Crippen MR) is 153 cm³/mol. The van der Waals surface area contributed by atoms with Crippen LogP contribution in [0.4, 0.5) is 21.8 Å². The number of aromatic nitrogens is 6. The van der Waals surface area contributed by atoms with E-state index in [1.54, 1.807) is 31.6 Å². The minimum Gasteiger partial charge on any atom is -0.368 e. The van der Waals surface area contributed by atoms with Gasteiger partial charge in [-0.15, -0.1) is 0 Å². The van der Waals surface area contributed by atoms with Gasteiger partial charge in [-0.05, 0) is 37.6 Å². The molecule has 13 heteroatoms. The molecule has 0 saturated carbocycles. The molecular weight excluding hydrogens is 541 g/mol. The Hall–Kier alpha value is -4.91. The van der Waals surface area contributed by atoms with E-state index in [-0.39, 0.29) is 11.9 Å². The molecule has 5 aromatic heterocycles. The van der Waals surface area contributed by atoms with Gasteiger partial charge in [0.1, 0.15) is 23.0 Å². The summed E-state index contributed by atoms with van der Waals surface area (Å²) in [6.45, 7) is 4.81. The molecule has 0 aliphatic carbocycles. The van der Waals surface area contributed by atoms with Gasteiger partial charge in [-0.1, -0.05) is 11.2 Å². The summed E-state index contributed by atoms with van der Waals surface area (Å²) in [7, 11) is 1.57. The minimum absolute atomic E-state index is 0.188. The zero-order valence-corrected chi connectivity index (χ0v) is 23.4. The molecular formula is C29H30FN9O3. The first-order valence-corrected chi connectivity index (χ1v) is 13.6. The summed E-state index contributed by atoms with van der Waals surface area (Å²) in [6.07, 6.45) is 6.70. The van der Waals surface area contributed by atoms with Gasteiger partial charge < -0.3 is 24.8 Å². The fourth-order valence-electron chi connectivity index (χ4n) is 5.15. The molecule has 1 aliphatic heterocycles. The van der Waals surface area contributed by atoms with E-state index in [0.717, 1.165) is 28.5 Å². The first kappa shape index (κ1) is 27.3. The third-order valence-corrected chi connectivity index (χ3v) is 7.54. The van der Waals surface area contributed by atoms with Crippen LogP contribution in [0.5, 0.6) is 0 Å². The molecule has 0 unspecified atom stereocenters. The summed E-state index contributed by atoms with van der Waals surface area (Å²) in [5, 5.41) is 15.1. The van der Waals surface area contributed by atoms with Crippen molar-refractivity contribution in [3.05, 3.63) is 78.3 Å². The topological polar surface area (TPSA) is 136 Å². The zero-order chi connectivity index (χ0) is 29.3. The predicted octanol–water partition coefficient (Wildman–Crippen LogP) is 4.25. The third-order valence-electron chi connectivity index (χ3n) is 7.54. The van der Waals surface area contributed by atoms with Crippen LogP contribution in [0.3, 0.4) is 0 Å². The molecule has 0 bridgehead atoms. The normalized spacial score (nSPS) is 15.5. The molecule has 6 rings (SSSR count). The largest absolute Gasteiger partial charge is 0.368 e. The Labute approximate surface area is 240 Å². The number of methoxy groups -OCH3 is 1. The standard InChI is InChI=1S/C29H30FN9O3/c1-18-13-25(37-42-18)35-24-14-23-22(5-4-10-31-23)27(36-24)38-11-8-29(41-3,9-12-38)28(40)34-19(2)20-6-7-26(32-15-20)39-17-21(30)16-33-39/h4-7,10,13-17,19H,8-9,11-12H2,1-3H3,(H,34,40)(H,35,36,37)/t19-/m0/s1. The van der Waals surface area contributed by atoms with Crippen molar-refractivity contribution in [3.63, 3.8) is 0 Å². The summed E-state index contributed by atoms with van der Waals surface area (Å²) in [5.41, 5.74) is 0.600. The molecule has 1 aliphatic rings. The van der Waals surface area contributed by atoms with Crippen LogP contribution in [0.15, 0.2) is 65.7 Å². The molecule has 0 aromatic carbocycles. The number of anilines is 3. The van der Waals surface area contributed by atoms with E-state index < -0.39 is 11.4 Å². The number of carbonyl (C=O) groups excluding carboxylic acids is 1. The Morgan fingerprint density at radius 3 is 2.64 bits per heavy atom. The molecule has 0 radical (unpaired) electrons. The quantitative estimate of drug-likeness (QED) is 0.278. The van der Waals surface area contributed by atoms with Crippen molar-refractivity contribution in [1.29, 1.82) is 0 Å². The number of hydrogen-bond acceptors (Lipinski definition) is 10. The summed E-state index contributed by atoms with van der Waals surface area (Å²) in [5.74, 6) is 2.46. The van der Waals surface area contributed by atoms with Gasteiger partial charge in [0.25, 0.3) is 5.91 Å². The lowest BCUT2D eigenvalue weighted by atomic mass is 9.89. The number of hydrogen-bond donors (Lipinski definition) is 2. The third kappa shape index (κ3) is 5.38. The number of fused-ring (bicyclic) bond motifs is 1. The van der Waals surface area contributed by atoms with Gasteiger partial charge in [0.05, 0.1) is 24.0 Å². The number of carbonyl (C=O) groups is 1. The number of piperidine rings is 1. The van der Waals surface area contributed by atoms with Crippen molar-refractivity contribution in [3.8, 4) is 5.82 Å². The lowest BCUT2D eigenvalue weighted by Gasteiger charge is -2.40. The summed E-state index contributed by atoms with van der Waals surface area (Å²) in [6, 6.07) is 10.8. The van der Waals surface area contributed by atoms with Crippen LogP contribution in [0, 0.1) is 12.7 Å². The van der Waals surface area contributed by atoms with E-state index in [1.165, 1.54) is 10.9 Å². The van der Waals surface area contributed by atoms with E-state index >= 15 is 0 Å². The second-order valence-electron chi connectivity index (χ2n) is 10.3. The molecule has 2 N–H and O–H groups in total. The maximum atomic E-state index is 13.6. The minimum atomic E-state index is -0.993. The monoisotopic (exact) mass is 571 g/mol. The van der Waals surface area contributed by atoms with Crippen LogP contribution in [-0.2, 0) is 9.53 Å². The van der Waals surface area contributed by atoms with Crippen molar-refractivity contribution in [2.45, 2.75) is 38.3 Å². The van der Waals surface area contributed by atoms with Crippen LogP contribution >= 0.6 is 0 Å². The van der Waals surface area contributed by atoms with E-state index in [0.29, 0.717) is 49.1 Å². The molecule has 1 atom stereocenters. The Morgan fingerprint density at radius 2 is 1.98 bits per heavy atom. The molecule has 0 spiro atoms. The van der Waals surface area contributed by atoms with Crippen LogP contribution in [-0.4, -0.2) is 61.6 Å². The molecule has 5 aromatic rings. The maximum absolute atomic E-state index is 13.6. The summed E-state index contributed by atoms with van der Waals surface area (Å²) < 4.78 is 25.7. The van der Waals surface area contributed by atoms with Crippen LogP contribution in [0.25, 0.3) is 16.7 Å². The average Bonchev–Trinajstić information content (AvgIpc) is 3.64. The SMILES string of the molecule is COC1(C(=O)N[C@@H](C)c2ccc(-n3cc(F)cn3)nc2)CCN(c2nc(Nc3cc(C)on3)cc3ncccc23)CC1. The van der Waals surface area contributed by atoms with E-state index in [9.17, 15) is 9.18 Å². The molecule has 1 saturated heterocycles. The fourth-order valence-corrected chi connectivity index (χ4v) is 5.15. The average molecular weight is 572 g/mol. The van der Waals surface area contributed by atoms with Crippen molar-refractivity contribution < 1.29 is 18.4 Å². The Bertz CT molecular complexity index is 1710. The number of nitrogens with one attached hydrogen (secondary N) is 2. The van der Waals surface area contributed by atoms with Gasteiger partial charge in [0.15, 0.2) is 17.5 Å². The van der Waals surface area contributed by atoms with Gasteiger partial charge in [0.2, 0.25) is 0 Å². The lowest BCUT2D eigenvalue weighted by molar-refractivity contribution is -0.146. The molecule has 216 valence electrons. The highest BCUT2D eigenvalue weighted by molar-refractivity contribution is 5.92.